The van der Waals surface area contributed by atoms with Crippen molar-refractivity contribution >= 4 is 21.9 Å². The van der Waals surface area contributed by atoms with Gasteiger partial charge in [-0.2, -0.15) is 4.31 Å². The Morgan fingerprint density at radius 1 is 1.06 bits per heavy atom. The first-order valence-electron chi connectivity index (χ1n) is 9.74. The molecule has 1 N–H and O–H groups in total. The van der Waals surface area contributed by atoms with Crippen LogP contribution in [0.1, 0.15) is 32.4 Å². The van der Waals surface area contributed by atoms with Crippen LogP contribution in [0, 0.1) is 0 Å². The molecule has 166 valence electrons. The molecular formula is C22H26N2O6S. The van der Waals surface area contributed by atoms with Gasteiger partial charge in [0, 0.05) is 5.54 Å². The van der Waals surface area contributed by atoms with Gasteiger partial charge >= 0.3 is 5.97 Å². The molecule has 0 spiro atoms. The predicted octanol–water partition coefficient (Wildman–Crippen LogP) is 2.52. The van der Waals surface area contributed by atoms with Crippen molar-refractivity contribution in [2.45, 2.75) is 43.3 Å². The monoisotopic (exact) mass is 446 g/mol. The van der Waals surface area contributed by atoms with E-state index in [1.165, 1.54) is 24.1 Å². The number of carbonyl (C=O) groups is 2. The Labute approximate surface area is 182 Å². The van der Waals surface area contributed by atoms with E-state index in [-0.39, 0.29) is 4.90 Å². The minimum atomic E-state index is -4.23. The number of hydrogen-bond donors (Lipinski definition) is 1. The molecule has 0 unspecified atom stereocenters. The Kier molecular flexibility index (Phi) is 6.11. The van der Waals surface area contributed by atoms with Crippen LogP contribution in [0.25, 0.3) is 0 Å². The van der Waals surface area contributed by atoms with Crippen LogP contribution in [0.3, 0.4) is 0 Å². The summed E-state index contributed by atoms with van der Waals surface area (Å²) in [4.78, 5) is 27.1. The number of ether oxygens (including phenoxy) is 1. The van der Waals surface area contributed by atoms with Gasteiger partial charge in [0.1, 0.15) is 11.8 Å². The van der Waals surface area contributed by atoms with Crippen LogP contribution in [0.4, 0.5) is 0 Å². The van der Waals surface area contributed by atoms with Crippen molar-refractivity contribution in [3.05, 3.63) is 60.2 Å². The first-order chi connectivity index (χ1) is 14.5. The Morgan fingerprint density at radius 3 is 2.13 bits per heavy atom. The maximum absolute atomic E-state index is 13.4. The summed E-state index contributed by atoms with van der Waals surface area (Å²) in [7, 11) is -2.72. The molecule has 1 saturated heterocycles. The lowest BCUT2D eigenvalue weighted by molar-refractivity contribution is -0.158. The van der Waals surface area contributed by atoms with Gasteiger partial charge in [0.25, 0.3) is 0 Å². The molecule has 1 aliphatic heterocycles. The maximum Gasteiger partial charge on any atom is 0.324 e. The van der Waals surface area contributed by atoms with Crippen LogP contribution in [0.2, 0.25) is 0 Å². The van der Waals surface area contributed by atoms with Crippen molar-refractivity contribution < 1.29 is 27.9 Å². The number of carbonyl (C=O) groups excluding carboxylic acids is 1. The zero-order valence-corrected chi connectivity index (χ0v) is 18.7. The molecule has 1 amide bonds. The Morgan fingerprint density at radius 2 is 1.65 bits per heavy atom. The van der Waals surface area contributed by atoms with E-state index in [2.05, 4.69) is 0 Å². The predicted molar refractivity (Wildman–Crippen MR) is 114 cm³/mol. The van der Waals surface area contributed by atoms with Gasteiger partial charge in [0.2, 0.25) is 15.9 Å². The van der Waals surface area contributed by atoms with E-state index in [0.717, 1.165) is 4.31 Å². The first-order valence-corrected chi connectivity index (χ1v) is 11.2. The highest BCUT2D eigenvalue weighted by Gasteiger charge is 2.52. The minimum Gasteiger partial charge on any atom is -0.497 e. The second kappa shape index (κ2) is 8.32. The third-order valence-corrected chi connectivity index (χ3v) is 7.07. The van der Waals surface area contributed by atoms with E-state index in [1.54, 1.807) is 63.2 Å². The average Bonchev–Trinajstić information content (AvgIpc) is 2.72. The highest BCUT2D eigenvalue weighted by molar-refractivity contribution is 7.89. The second-order valence-corrected chi connectivity index (χ2v) is 10.2. The SMILES string of the molecule is COc1ccc([C@@H]2[C@@H](C(=O)O)N(S(=O)(=O)c3ccccc3)CC(=O)N2C(C)(C)C)cc1. The van der Waals surface area contributed by atoms with Gasteiger partial charge in [-0.05, 0) is 50.6 Å². The summed E-state index contributed by atoms with van der Waals surface area (Å²) >= 11 is 0. The van der Waals surface area contributed by atoms with E-state index in [4.69, 9.17) is 4.74 Å². The Bertz CT molecular complexity index is 1060. The van der Waals surface area contributed by atoms with Gasteiger partial charge in [0.05, 0.1) is 24.6 Å². The fraction of sp³-hybridized carbons (Fsp3) is 0.364. The number of methoxy groups -OCH3 is 1. The summed E-state index contributed by atoms with van der Waals surface area (Å²) in [5, 5.41) is 10.2. The van der Waals surface area contributed by atoms with Crippen molar-refractivity contribution in [3.63, 3.8) is 0 Å². The van der Waals surface area contributed by atoms with Crippen molar-refractivity contribution in [3.8, 4) is 5.75 Å². The smallest absolute Gasteiger partial charge is 0.324 e. The fourth-order valence-electron chi connectivity index (χ4n) is 3.91. The van der Waals surface area contributed by atoms with Gasteiger partial charge in [-0.15, -0.1) is 0 Å². The molecular weight excluding hydrogens is 420 g/mol. The number of benzene rings is 2. The molecule has 0 radical (unpaired) electrons. The third-order valence-electron chi connectivity index (χ3n) is 5.23. The summed E-state index contributed by atoms with van der Waals surface area (Å²) in [6, 6.07) is 11.6. The standard InChI is InChI=1S/C22H26N2O6S/c1-22(2,3)24-18(25)14-23(31(28,29)17-8-6-5-7-9-17)20(21(26)27)19(24)15-10-12-16(30-4)13-11-15/h5-13,19-20H,14H2,1-4H3,(H,26,27)/t19-,20+/m1/s1. The molecule has 2 atom stereocenters. The lowest BCUT2D eigenvalue weighted by Gasteiger charge is -2.50. The van der Waals surface area contributed by atoms with Crippen molar-refractivity contribution in [2.75, 3.05) is 13.7 Å². The van der Waals surface area contributed by atoms with Gasteiger partial charge in [-0.3, -0.25) is 9.59 Å². The highest BCUT2D eigenvalue weighted by Crippen LogP contribution is 2.39. The van der Waals surface area contributed by atoms with Crippen LogP contribution in [-0.4, -0.2) is 59.8 Å². The normalized spacial score (nSPS) is 20.5. The topological polar surface area (TPSA) is 104 Å². The quantitative estimate of drug-likeness (QED) is 0.757. The van der Waals surface area contributed by atoms with Crippen LogP contribution in [0.15, 0.2) is 59.5 Å². The molecule has 3 rings (SSSR count). The lowest BCUT2D eigenvalue weighted by Crippen LogP contribution is -2.65. The lowest BCUT2D eigenvalue weighted by atomic mass is 9.90. The minimum absolute atomic E-state index is 0.0632. The molecule has 0 saturated carbocycles. The highest BCUT2D eigenvalue weighted by atomic mass is 32.2. The molecule has 1 fully saturated rings. The molecule has 1 aliphatic rings. The molecule has 0 aromatic heterocycles. The number of rotatable bonds is 5. The van der Waals surface area contributed by atoms with E-state index in [1.807, 2.05) is 0 Å². The van der Waals surface area contributed by atoms with E-state index in [9.17, 15) is 23.1 Å². The molecule has 2 aromatic rings. The molecule has 31 heavy (non-hydrogen) atoms. The second-order valence-electron chi connectivity index (χ2n) is 8.30. The number of amides is 1. The van der Waals surface area contributed by atoms with E-state index >= 15 is 0 Å². The molecule has 0 bridgehead atoms. The summed E-state index contributed by atoms with van der Waals surface area (Å²) in [5.41, 5.74) is -0.234. The van der Waals surface area contributed by atoms with E-state index < -0.39 is 46.1 Å². The number of carboxylic acid groups (broad SMARTS) is 1. The zero-order chi connectivity index (χ0) is 23.0. The number of carboxylic acids is 1. The zero-order valence-electron chi connectivity index (χ0n) is 17.8. The van der Waals surface area contributed by atoms with Gasteiger partial charge in [0.15, 0.2) is 0 Å². The number of aliphatic carboxylic acids is 1. The van der Waals surface area contributed by atoms with Gasteiger partial charge in [-0.25, -0.2) is 8.42 Å². The first kappa shape index (κ1) is 22.8. The van der Waals surface area contributed by atoms with Crippen molar-refractivity contribution in [2.24, 2.45) is 0 Å². The van der Waals surface area contributed by atoms with Crippen LogP contribution in [0.5, 0.6) is 5.75 Å². The van der Waals surface area contributed by atoms with Crippen molar-refractivity contribution in [1.29, 1.82) is 0 Å². The van der Waals surface area contributed by atoms with Crippen molar-refractivity contribution in [1.82, 2.24) is 9.21 Å². The van der Waals surface area contributed by atoms with Crippen LogP contribution >= 0.6 is 0 Å². The summed E-state index contributed by atoms with van der Waals surface area (Å²) in [6.07, 6.45) is 0. The molecule has 2 aromatic carbocycles. The molecule has 8 nitrogen and oxygen atoms in total. The Hall–Kier alpha value is -2.91. The summed E-state index contributed by atoms with van der Waals surface area (Å²) in [5.74, 6) is -1.23. The molecule has 1 heterocycles. The molecule has 9 heteroatoms. The van der Waals surface area contributed by atoms with Gasteiger partial charge < -0.3 is 14.7 Å². The van der Waals surface area contributed by atoms with Crippen LogP contribution < -0.4 is 4.74 Å². The number of nitrogens with zero attached hydrogens (tertiary/aromatic N) is 2. The maximum atomic E-state index is 13.4. The number of piperazine rings is 1. The average molecular weight is 447 g/mol. The summed E-state index contributed by atoms with van der Waals surface area (Å²) in [6.45, 7) is 4.82. The Balaban J connectivity index is 2.20. The molecule has 0 aliphatic carbocycles. The number of sulfonamides is 1. The largest absolute Gasteiger partial charge is 0.497 e. The van der Waals surface area contributed by atoms with E-state index in [0.29, 0.717) is 11.3 Å². The van der Waals surface area contributed by atoms with Crippen LogP contribution in [-0.2, 0) is 19.6 Å². The number of hydrogen-bond acceptors (Lipinski definition) is 5. The fourth-order valence-corrected chi connectivity index (χ4v) is 5.46. The third kappa shape index (κ3) is 4.28. The summed E-state index contributed by atoms with van der Waals surface area (Å²) < 4.78 is 32.7. The van der Waals surface area contributed by atoms with Gasteiger partial charge in [-0.1, -0.05) is 30.3 Å².